The van der Waals surface area contributed by atoms with E-state index in [9.17, 15) is 0 Å². The number of hydrogen-bond acceptors (Lipinski definition) is 1. The second-order valence-corrected chi connectivity index (χ2v) is 4.86. The zero-order chi connectivity index (χ0) is 12.0. The van der Waals surface area contributed by atoms with Gasteiger partial charge in [0.2, 0.25) is 0 Å². The smallest absolute Gasteiger partial charge is 0.0654 e. The van der Waals surface area contributed by atoms with Gasteiger partial charge < -0.3 is 0 Å². The third kappa shape index (κ3) is 4.18. The summed E-state index contributed by atoms with van der Waals surface area (Å²) in [6.45, 7) is 8.88. The van der Waals surface area contributed by atoms with Crippen molar-refractivity contribution < 1.29 is 0 Å². The highest BCUT2D eigenvalue weighted by molar-refractivity contribution is 5.66. The largest absolute Gasteiger partial charge is 0.261 e. The van der Waals surface area contributed by atoms with Crippen LogP contribution in [0.15, 0.2) is 29.3 Å². The first-order chi connectivity index (χ1) is 7.63. The van der Waals surface area contributed by atoms with Crippen molar-refractivity contribution in [2.45, 2.75) is 40.5 Å². The fourth-order valence-corrected chi connectivity index (χ4v) is 1.83. The van der Waals surface area contributed by atoms with E-state index in [0.29, 0.717) is 5.92 Å². The van der Waals surface area contributed by atoms with Crippen LogP contribution in [0.5, 0.6) is 0 Å². The van der Waals surface area contributed by atoms with Crippen LogP contribution in [0.3, 0.4) is 0 Å². The fourth-order valence-electron chi connectivity index (χ4n) is 1.83. The third-order valence-electron chi connectivity index (χ3n) is 2.84. The zero-order valence-corrected chi connectivity index (χ0v) is 10.9. The second kappa shape index (κ2) is 6.47. The molecule has 1 heteroatoms. The van der Waals surface area contributed by atoms with Crippen molar-refractivity contribution in [3.8, 4) is 0 Å². The molecule has 16 heavy (non-hydrogen) atoms. The van der Waals surface area contributed by atoms with Crippen LogP contribution in [0, 0.1) is 18.8 Å². The Balaban J connectivity index is 2.67. The summed E-state index contributed by atoms with van der Waals surface area (Å²) in [7, 11) is 0. The fraction of sp³-hybridized carbons (Fsp3) is 0.533. The van der Waals surface area contributed by atoms with Gasteiger partial charge in [-0.05, 0) is 43.2 Å². The quantitative estimate of drug-likeness (QED) is 0.630. The number of para-hydroxylation sites is 1. The predicted octanol–water partition coefficient (Wildman–Crippen LogP) is 4.77. The highest BCUT2D eigenvalue weighted by Crippen LogP contribution is 2.19. The van der Waals surface area contributed by atoms with E-state index in [2.05, 4.69) is 57.1 Å². The summed E-state index contributed by atoms with van der Waals surface area (Å²) in [6.07, 6.45) is 4.53. The lowest BCUT2D eigenvalue weighted by atomic mass is 9.96. The summed E-state index contributed by atoms with van der Waals surface area (Å²) >= 11 is 0. The van der Waals surface area contributed by atoms with Crippen LogP contribution >= 0.6 is 0 Å². The number of hydrogen-bond donors (Lipinski definition) is 0. The van der Waals surface area contributed by atoms with Gasteiger partial charge in [-0.2, -0.15) is 0 Å². The maximum absolute atomic E-state index is 4.60. The van der Waals surface area contributed by atoms with E-state index in [1.54, 1.807) is 0 Å². The van der Waals surface area contributed by atoms with Crippen molar-refractivity contribution in [2.75, 3.05) is 0 Å². The van der Waals surface area contributed by atoms with Crippen molar-refractivity contribution in [2.24, 2.45) is 16.8 Å². The third-order valence-corrected chi connectivity index (χ3v) is 2.84. The molecule has 1 nitrogen and oxygen atoms in total. The molecular formula is C15H23N. The molecule has 0 fully saturated rings. The Bertz CT molecular complexity index is 339. The molecule has 0 saturated heterocycles. The van der Waals surface area contributed by atoms with E-state index in [-0.39, 0.29) is 0 Å². The van der Waals surface area contributed by atoms with Gasteiger partial charge in [0.15, 0.2) is 0 Å². The van der Waals surface area contributed by atoms with Gasteiger partial charge in [-0.3, -0.25) is 4.99 Å². The lowest BCUT2D eigenvalue weighted by Crippen LogP contribution is -2.04. The molecule has 0 amide bonds. The molecule has 0 aliphatic rings. The molecule has 0 bridgehead atoms. The zero-order valence-electron chi connectivity index (χ0n) is 10.9. The minimum absolute atomic E-state index is 0.611. The Morgan fingerprint density at radius 2 is 1.94 bits per heavy atom. The van der Waals surface area contributed by atoms with Crippen LogP contribution in [0.2, 0.25) is 0 Å². The molecule has 0 saturated carbocycles. The van der Waals surface area contributed by atoms with Crippen LogP contribution < -0.4 is 0 Å². The Hall–Kier alpha value is -1.11. The normalized spacial score (nSPS) is 13.6. The summed E-state index contributed by atoms with van der Waals surface area (Å²) in [6, 6.07) is 8.28. The summed E-state index contributed by atoms with van der Waals surface area (Å²) in [5.74, 6) is 1.35. The molecule has 1 unspecified atom stereocenters. The molecule has 1 aromatic rings. The van der Waals surface area contributed by atoms with E-state index in [4.69, 9.17) is 0 Å². The maximum Gasteiger partial charge on any atom is 0.0654 e. The number of nitrogens with zero attached hydrogens (tertiary/aromatic N) is 1. The van der Waals surface area contributed by atoms with E-state index >= 15 is 0 Å². The average Bonchev–Trinajstić information content (AvgIpc) is 2.25. The van der Waals surface area contributed by atoms with Gasteiger partial charge in [0, 0.05) is 6.21 Å². The molecule has 0 spiro atoms. The van der Waals surface area contributed by atoms with Gasteiger partial charge in [-0.25, -0.2) is 0 Å². The molecule has 0 radical (unpaired) electrons. The summed E-state index contributed by atoms with van der Waals surface area (Å²) in [5, 5.41) is 0. The van der Waals surface area contributed by atoms with E-state index < -0.39 is 0 Å². The van der Waals surface area contributed by atoms with Crippen molar-refractivity contribution in [1.82, 2.24) is 0 Å². The molecule has 0 N–H and O–H groups in total. The van der Waals surface area contributed by atoms with Crippen LogP contribution in [0.25, 0.3) is 0 Å². The number of aliphatic imine (C=N–C) groups is 1. The molecule has 0 aromatic heterocycles. The maximum atomic E-state index is 4.60. The van der Waals surface area contributed by atoms with Crippen molar-refractivity contribution in [3.63, 3.8) is 0 Å². The summed E-state index contributed by atoms with van der Waals surface area (Å²) < 4.78 is 0. The minimum atomic E-state index is 0.611. The van der Waals surface area contributed by atoms with E-state index in [1.807, 2.05) is 6.07 Å². The van der Waals surface area contributed by atoms with Gasteiger partial charge in [-0.15, -0.1) is 0 Å². The summed E-state index contributed by atoms with van der Waals surface area (Å²) in [5.41, 5.74) is 2.35. The molecule has 0 heterocycles. The van der Waals surface area contributed by atoms with Crippen LogP contribution in [-0.4, -0.2) is 6.21 Å². The van der Waals surface area contributed by atoms with Gasteiger partial charge in [0.25, 0.3) is 0 Å². The molecule has 1 atom stereocenters. The summed E-state index contributed by atoms with van der Waals surface area (Å²) in [4.78, 5) is 4.60. The van der Waals surface area contributed by atoms with Gasteiger partial charge >= 0.3 is 0 Å². The van der Waals surface area contributed by atoms with Crippen molar-refractivity contribution >= 4 is 11.9 Å². The van der Waals surface area contributed by atoms with Crippen molar-refractivity contribution in [1.29, 1.82) is 0 Å². The predicted molar refractivity (Wildman–Crippen MR) is 72.6 cm³/mol. The SMILES string of the molecule is CCC(/C=N\c1ccccc1C)CC(C)C. The minimum Gasteiger partial charge on any atom is -0.261 e. The first-order valence-electron chi connectivity index (χ1n) is 6.23. The Labute approximate surface area is 99.6 Å². The highest BCUT2D eigenvalue weighted by atomic mass is 14.7. The average molecular weight is 217 g/mol. The van der Waals surface area contributed by atoms with Crippen LogP contribution in [-0.2, 0) is 0 Å². The highest BCUT2D eigenvalue weighted by Gasteiger charge is 2.05. The number of rotatable bonds is 5. The molecule has 1 aromatic carbocycles. The Morgan fingerprint density at radius 3 is 2.50 bits per heavy atom. The monoisotopic (exact) mass is 217 g/mol. The van der Waals surface area contributed by atoms with Gasteiger partial charge in [-0.1, -0.05) is 39.0 Å². The molecular weight excluding hydrogens is 194 g/mol. The van der Waals surface area contributed by atoms with Crippen molar-refractivity contribution in [3.05, 3.63) is 29.8 Å². The van der Waals surface area contributed by atoms with Gasteiger partial charge in [0.05, 0.1) is 5.69 Å². The Kier molecular flexibility index (Phi) is 5.24. The number of benzene rings is 1. The molecule has 0 aliphatic carbocycles. The Morgan fingerprint density at radius 1 is 1.25 bits per heavy atom. The molecule has 1 rings (SSSR count). The van der Waals surface area contributed by atoms with Gasteiger partial charge in [0.1, 0.15) is 0 Å². The van der Waals surface area contributed by atoms with Crippen LogP contribution in [0.1, 0.15) is 39.2 Å². The first-order valence-corrected chi connectivity index (χ1v) is 6.23. The first kappa shape index (κ1) is 13.0. The second-order valence-electron chi connectivity index (χ2n) is 4.86. The number of aryl methyl sites for hydroxylation is 1. The lowest BCUT2D eigenvalue weighted by molar-refractivity contribution is 0.492. The topological polar surface area (TPSA) is 12.4 Å². The lowest BCUT2D eigenvalue weighted by Gasteiger charge is -2.11. The molecule has 0 aliphatic heterocycles. The van der Waals surface area contributed by atoms with E-state index in [1.165, 1.54) is 18.4 Å². The van der Waals surface area contributed by atoms with E-state index in [0.717, 1.165) is 11.6 Å². The molecule has 88 valence electrons. The standard InChI is InChI=1S/C15H23N/c1-5-14(10-12(2)3)11-16-15-9-7-6-8-13(15)4/h6-9,11-12,14H,5,10H2,1-4H3/b16-11-. The van der Waals surface area contributed by atoms with Crippen LogP contribution in [0.4, 0.5) is 5.69 Å².